The lowest BCUT2D eigenvalue weighted by Gasteiger charge is -2.27. The molecule has 0 fully saturated rings. The van der Waals surface area contributed by atoms with E-state index in [1.165, 1.54) is 31.2 Å². The Hall–Kier alpha value is -8.86. The average Bonchev–Trinajstić information content (AvgIpc) is 3.62. The van der Waals surface area contributed by atoms with Crippen molar-refractivity contribution in [2.75, 3.05) is 19.7 Å². The maximum atomic E-state index is 14.6. The number of hydrogen-bond acceptors (Lipinski definition) is 17. The summed E-state index contributed by atoms with van der Waals surface area (Å²) in [6.07, 6.45) is -7.23. The first kappa shape index (κ1) is 72.2. The molecule has 0 heterocycles. The molecule has 0 aliphatic heterocycles. The Labute approximate surface area is 491 Å². The molecule has 29 nitrogen and oxygen atoms in total. The SMILES string of the molecule is C[C@@H](CO)C(=O)N[C@@H](CC(=O)O)C(=O)C[C@H](C(=O)N[C@@H](CCCN=C(N)N)C(=O)C[C@@H](CCC(N)=O)C(=O)N[C@@H](CCC(N)=O)C(=O)C[C@@H](Cc1ccc(O)cc1)C(=O)N[C@@H](CCCN=C(N)N)C(=O)C[C@@H](Cc1ccccc1)C(N)=O)[C@@H](C)O. The number of ketones is 4. The summed E-state index contributed by atoms with van der Waals surface area (Å²) in [6, 6.07) is 8.29. The third kappa shape index (κ3) is 28.3. The van der Waals surface area contributed by atoms with E-state index in [0.717, 1.165) is 6.92 Å². The van der Waals surface area contributed by atoms with E-state index in [-0.39, 0.29) is 75.7 Å². The van der Waals surface area contributed by atoms with Gasteiger partial charge in [0.2, 0.25) is 41.4 Å². The number of aliphatic imine (C=N–C) groups is 2. The second-order valence-electron chi connectivity index (χ2n) is 20.9. The lowest BCUT2D eigenvalue weighted by Crippen LogP contribution is -2.50. The van der Waals surface area contributed by atoms with Crippen molar-refractivity contribution in [2.45, 2.75) is 140 Å². The van der Waals surface area contributed by atoms with Gasteiger partial charge in [0, 0.05) is 69.4 Å². The van der Waals surface area contributed by atoms with Gasteiger partial charge in [0.25, 0.3) is 0 Å². The van der Waals surface area contributed by atoms with E-state index in [9.17, 15) is 78.0 Å². The maximum absolute atomic E-state index is 14.6. The van der Waals surface area contributed by atoms with Crippen LogP contribution in [-0.2, 0) is 70.4 Å². The summed E-state index contributed by atoms with van der Waals surface area (Å²) in [4.78, 5) is 169. The van der Waals surface area contributed by atoms with E-state index in [1.807, 2.05) is 0 Å². The number of carboxylic acid groups (broad SMARTS) is 1. The highest BCUT2D eigenvalue weighted by Crippen LogP contribution is 2.23. The topological polar surface area (TPSA) is 541 Å². The van der Waals surface area contributed by atoms with Crippen molar-refractivity contribution in [1.29, 1.82) is 0 Å². The Morgan fingerprint density at radius 3 is 1.39 bits per heavy atom. The van der Waals surface area contributed by atoms with E-state index >= 15 is 0 Å². The number of nitrogens with two attached hydrogens (primary N) is 7. The third-order valence-corrected chi connectivity index (χ3v) is 13.8. The van der Waals surface area contributed by atoms with Crippen molar-refractivity contribution in [3.8, 4) is 5.75 Å². The molecule has 468 valence electrons. The smallest absolute Gasteiger partial charge is 0.305 e. The van der Waals surface area contributed by atoms with Crippen LogP contribution in [0.25, 0.3) is 0 Å². The number of primary amides is 3. The number of hydrogen-bond donors (Lipinski definition) is 15. The molecule has 7 amide bonds. The molecule has 22 N–H and O–H groups in total. The van der Waals surface area contributed by atoms with Crippen LogP contribution >= 0.6 is 0 Å². The first-order chi connectivity index (χ1) is 40.0. The third-order valence-electron chi connectivity index (χ3n) is 13.8. The Bertz CT molecular complexity index is 2680. The second kappa shape index (κ2) is 37.4. The molecule has 0 saturated carbocycles. The van der Waals surface area contributed by atoms with Crippen LogP contribution in [0.15, 0.2) is 64.6 Å². The molecule has 29 heteroatoms. The Kier molecular flexibility index (Phi) is 31.8. The standard InChI is InChI=1S/C56H83N13O16/c1-30(29-70)51(82)69-42(28-49(79)80)46(76)27-38(31(2)71)54(85)68-40(11-7-21-65-56(62)63)43(73)24-34(14-18-47(57)77)52(83)67-41(17-19-48(58)78)45(75)26-36(23-33-12-15-37(72)16-13-33)53(84)66-39(10-6-20-64-55(60)61)44(74)25-35(50(59)81)22-32-8-4-3-5-9-32/h3-5,8-9,12-13,15-16,30-31,34-36,38-42,70-72H,6-7,10-11,14,17-29H2,1-2H3,(H2,57,77)(H2,58,78)(H2,59,81)(H,66,84)(H,67,83)(H,68,85)(H,69,82)(H,79,80)(H4,60,61,64)(H4,62,63,65)/t30-,31+,34+,35+,36+,38-,39-,40-,41-,42-/m0/s1. The van der Waals surface area contributed by atoms with Crippen LogP contribution < -0.4 is 61.4 Å². The fraction of sp³-hybridized carbons (Fsp3) is 0.536. The van der Waals surface area contributed by atoms with Gasteiger partial charge in [-0.05, 0) is 81.5 Å². The summed E-state index contributed by atoms with van der Waals surface area (Å²) in [6.45, 7) is 1.77. The molecular formula is C56H83N13O16. The summed E-state index contributed by atoms with van der Waals surface area (Å²) < 4.78 is 0. The van der Waals surface area contributed by atoms with Crippen molar-refractivity contribution in [3.63, 3.8) is 0 Å². The average molecular weight is 1190 g/mol. The molecule has 0 bridgehead atoms. The summed E-state index contributed by atoms with van der Waals surface area (Å²) >= 11 is 0. The molecule has 85 heavy (non-hydrogen) atoms. The molecule has 0 aliphatic rings. The number of benzene rings is 2. The number of nitrogens with zero attached hydrogens (tertiary/aromatic N) is 2. The highest BCUT2D eigenvalue weighted by Gasteiger charge is 2.37. The van der Waals surface area contributed by atoms with Gasteiger partial charge in [0.1, 0.15) is 5.75 Å². The molecule has 0 radical (unpaired) electrons. The number of rotatable bonds is 43. The highest BCUT2D eigenvalue weighted by molar-refractivity contribution is 5.99. The lowest BCUT2D eigenvalue weighted by atomic mass is 9.87. The molecule has 0 spiro atoms. The summed E-state index contributed by atoms with van der Waals surface area (Å²) in [7, 11) is 0. The minimum Gasteiger partial charge on any atom is -0.508 e. The second-order valence-corrected chi connectivity index (χ2v) is 20.9. The largest absolute Gasteiger partial charge is 0.508 e. The van der Waals surface area contributed by atoms with Crippen LogP contribution in [0.3, 0.4) is 0 Å². The number of carbonyl (C=O) groups excluding carboxylic acids is 11. The van der Waals surface area contributed by atoms with Gasteiger partial charge in [-0.1, -0.05) is 49.4 Å². The van der Waals surface area contributed by atoms with E-state index in [4.69, 9.17) is 40.1 Å². The first-order valence-corrected chi connectivity index (χ1v) is 27.6. The maximum Gasteiger partial charge on any atom is 0.305 e. The van der Waals surface area contributed by atoms with Gasteiger partial charge in [-0.25, -0.2) is 0 Å². The zero-order chi connectivity index (χ0) is 63.9. The number of Topliss-reactive ketones (excluding diaryl/α,β-unsaturated/α-hetero) is 4. The molecule has 10 atom stereocenters. The molecular weight excluding hydrogens is 1110 g/mol. The summed E-state index contributed by atoms with van der Waals surface area (Å²) in [5.74, 6) is -18.3. The van der Waals surface area contributed by atoms with Gasteiger partial charge < -0.3 is 81.8 Å². The lowest BCUT2D eigenvalue weighted by molar-refractivity contribution is -0.141. The number of aliphatic carboxylic acids is 1. The fourth-order valence-corrected chi connectivity index (χ4v) is 8.89. The van der Waals surface area contributed by atoms with Crippen LogP contribution in [0.2, 0.25) is 0 Å². The van der Waals surface area contributed by atoms with Gasteiger partial charge in [-0.2, -0.15) is 0 Å². The van der Waals surface area contributed by atoms with Crippen molar-refractivity contribution in [3.05, 3.63) is 65.7 Å². The van der Waals surface area contributed by atoms with Gasteiger partial charge in [0.15, 0.2) is 35.1 Å². The van der Waals surface area contributed by atoms with E-state index in [2.05, 4.69) is 31.3 Å². The number of phenolic OH excluding ortho intramolecular Hbond substituents is 1. The molecule has 0 aromatic heterocycles. The molecule has 0 aliphatic carbocycles. The zero-order valence-electron chi connectivity index (χ0n) is 47.8. The number of carboxylic acids is 1. The van der Waals surface area contributed by atoms with Crippen molar-refractivity contribution in [2.24, 2.45) is 79.7 Å². The predicted octanol–water partition coefficient (Wildman–Crippen LogP) is -2.97. The number of carbonyl (C=O) groups is 12. The van der Waals surface area contributed by atoms with Gasteiger partial charge in [-0.3, -0.25) is 67.5 Å². The van der Waals surface area contributed by atoms with Crippen molar-refractivity contribution < 1.29 is 78.0 Å². The van der Waals surface area contributed by atoms with E-state index < -0.39 is 188 Å². The minimum absolute atomic E-state index is 0.0123. The molecule has 2 rings (SSSR count). The normalized spacial score (nSPS) is 14.5. The molecule has 2 aromatic rings. The van der Waals surface area contributed by atoms with Crippen molar-refractivity contribution in [1.82, 2.24) is 21.3 Å². The van der Waals surface area contributed by atoms with Crippen LogP contribution in [0.4, 0.5) is 0 Å². The number of nitrogens with one attached hydrogen (secondary N) is 4. The van der Waals surface area contributed by atoms with Crippen LogP contribution in [0, 0.1) is 29.6 Å². The Morgan fingerprint density at radius 2 is 0.918 bits per heavy atom. The quantitative estimate of drug-likeness (QED) is 0.0179. The summed E-state index contributed by atoms with van der Waals surface area (Å²) in [5.41, 5.74) is 39.8. The number of aromatic hydroxyl groups is 1. The number of guanidine groups is 2. The predicted molar refractivity (Wildman–Crippen MR) is 308 cm³/mol. The van der Waals surface area contributed by atoms with E-state index in [1.54, 1.807) is 30.3 Å². The van der Waals surface area contributed by atoms with Gasteiger partial charge in [-0.15, -0.1) is 0 Å². The molecule has 0 unspecified atom stereocenters. The van der Waals surface area contributed by atoms with Gasteiger partial charge >= 0.3 is 5.97 Å². The monoisotopic (exact) mass is 1190 g/mol. The van der Waals surface area contributed by atoms with Crippen molar-refractivity contribution >= 4 is 82.4 Å². The number of aliphatic hydroxyl groups is 2. The van der Waals surface area contributed by atoms with Crippen LogP contribution in [0.1, 0.15) is 108 Å². The highest BCUT2D eigenvalue weighted by atomic mass is 16.4. The number of phenols is 1. The minimum atomic E-state index is -1.70. The molecule has 2 aromatic carbocycles. The Morgan fingerprint density at radius 1 is 0.494 bits per heavy atom. The van der Waals surface area contributed by atoms with Crippen LogP contribution in [0.5, 0.6) is 5.75 Å². The summed E-state index contributed by atoms with van der Waals surface area (Å²) in [5, 5.41) is 49.6. The Balaban J connectivity index is 2.60. The zero-order valence-corrected chi connectivity index (χ0v) is 47.8. The molecule has 0 saturated heterocycles. The van der Waals surface area contributed by atoms with E-state index in [0.29, 0.717) is 11.1 Å². The van der Waals surface area contributed by atoms with Crippen LogP contribution in [-0.4, -0.2) is 153 Å². The first-order valence-electron chi connectivity index (χ1n) is 27.6. The number of aliphatic hydroxyl groups excluding tert-OH is 2. The fourth-order valence-electron chi connectivity index (χ4n) is 8.89. The van der Waals surface area contributed by atoms with Gasteiger partial charge in [0.05, 0.1) is 55.1 Å². The number of amides is 7.